The summed E-state index contributed by atoms with van der Waals surface area (Å²) < 4.78 is 0. The van der Waals surface area contributed by atoms with Gasteiger partial charge in [0.25, 0.3) is 0 Å². The van der Waals surface area contributed by atoms with Gasteiger partial charge in [-0.2, -0.15) is 0 Å². The molecule has 0 aromatic heterocycles. The van der Waals surface area contributed by atoms with E-state index in [2.05, 4.69) is 19.2 Å². The zero-order valence-electron chi connectivity index (χ0n) is 18.6. The van der Waals surface area contributed by atoms with Crippen molar-refractivity contribution in [1.82, 2.24) is 5.32 Å². The van der Waals surface area contributed by atoms with Gasteiger partial charge in [0, 0.05) is 0 Å². The molecule has 0 aromatic carbocycles. The van der Waals surface area contributed by atoms with Crippen molar-refractivity contribution in [2.75, 3.05) is 6.54 Å². The summed E-state index contributed by atoms with van der Waals surface area (Å²) in [5.41, 5.74) is 0. The van der Waals surface area contributed by atoms with Crippen LogP contribution in [-0.2, 0) is 4.79 Å². The lowest BCUT2D eigenvalue weighted by molar-refractivity contribution is -0.139. The summed E-state index contributed by atoms with van der Waals surface area (Å²) in [5, 5.41) is 12.4. The van der Waals surface area contributed by atoms with Crippen LogP contribution in [0.25, 0.3) is 0 Å². The molecule has 0 aromatic rings. The Balaban J connectivity index is 3.21. The smallest absolute Gasteiger partial charge is 0.320 e. The first kappa shape index (κ1) is 26.4. The number of hydrogen-bond donors (Lipinski definition) is 2. The van der Waals surface area contributed by atoms with Crippen LogP contribution in [0.1, 0.15) is 136 Å². The first-order valence-electron chi connectivity index (χ1n) is 12.2. The topological polar surface area (TPSA) is 49.3 Å². The van der Waals surface area contributed by atoms with E-state index in [4.69, 9.17) is 0 Å². The van der Waals surface area contributed by atoms with Crippen molar-refractivity contribution in [3.8, 4) is 0 Å². The molecule has 2 N–H and O–H groups in total. The quantitative estimate of drug-likeness (QED) is 0.190. The van der Waals surface area contributed by atoms with E-state index in [1.807, 2.05) is 0 Å². The van der Waals surface area contributed by atoms with Crippen molar-refractivity contribution in [3.63, 3.8) is 0 Å². The molecule has 0 saturated carbocycles. The maximum absolute atomic E-state index is 11.1. The van der Waals surface area contributed by atoms with E-state index in [1.165, 1.54) is 96.3 Å². The Labute approximate surface area is 170 Å². The van der Waals surface area contributed by atoms with Crippen molar-refractivity contribution >= 4 is 5.97 Å². The van der Waals surface area contributed by atoms with Crippen LogP contribution in [0.3, 0.4) is 0 Å². The van der Waals surface area contributed by atoms with Crippen LogP contribution < -0.4 is 5.32 Å². The number of unbranched alkanes of at least 4 members (excludes halogenated alkanes) is 16. The van der Waals surface area contributed by atoms with Crippen LogP contribution >= 0.6 is 0 Å². The molecule has 1 atom stereocenters. The van der Waals surface area contributed by atoms with Crippen molar-refractivity contribution in [1.29, 1.82) is 0 Å². The maximum Gasteiger partial charge on any atom is 0.320 e. The van der Waals surface area contributed by atoms with E-state index < -0.39 is 5.97 Å². The Morgan fingerprint density at radius 1 is 0.630 bits per heavy atom. The minimum absolute atomic E-state index is 0.346. The van der Waals surface area contributed by atoms with Gasteiger partial charge in [-0.1, -0.05) is 123 Å². The molecule has 0 rings (SSSR count). The first-order chi connectivity index (χ1) is 13.2. The second kappa shape index (κ2) is 21.7. The Morgan fingerprint density at radius 2 is 1.00 bits per heavy atom. The SMILES string of the molecule is CCCCCCCCCCCCCCCCCCN[C@@H](CCCC)C(=O)O. The van der Waals surface area contributed by atoms with Crippen LogP contribution in [-0.4, -0.2) is 23.7 Å². The monoisotopic (exact) mass is 383 g/mol. The van der Waals surface area contributed by atoms with Crippen molar-refractivity contribution in [3.05, 3.63) is 0 Å². The van der Waals surface area contributed by atoms with Gasteiger partial charge in [-0.3, -0.25) is 4.79 Å². The number of rotatable bonds is 22. The Kier molecular flexibility index (Phi) is 21.3. The normalized spacial score (nSPS) is 12.4. The third-order valence-corrected chi connectivity index (χ3v) is 5.57. The molecule has 0 spiro atoms. The summed E-state index contributed by atoms with van der Waals surface area (Å²) in [7, 11) is 0. The molecule has 0 radical (unpaired) electrons. The van der Waals surface area contributed by atoms with Crippen molar-refractivity contribution in [2.45, 2.75) is 142 Å². The Bertz CT molecular complexity index is 307. The highest BCUT2D eigenvalue weighted by Crippen LogP contribution is 2.13. The van der Waals surface area contributed by atoms with Gasteiger partial charge in [0.1, 0.15) is 6.04 Å². The molecule has 3 heteroatoms. The predicted molar refractivity (Wildman–Crippen MR) is 118 cm³/mol. The summed E-state index contributed by atoms with van der Waals surface area (Å²) in [6.07, 6.45) is 24.8. The number of nitrogens with one attached hydrogen (secondary N) is 1. The minimum atomic E-state index is -0.694. The summed E-state index contributed by atoms with van der Waals surface area (Å²) in [6.45, 7) is 5.23. The molecular formula is C24H49NO2. The van der Waals surface area contributed by atoms with Gasteiger partial charge in [-0.25, -0.2) is 0 Å². The summed E-state index contributed by atoms with van der Waals surface area (Å²) in [6, 6.07) is -0.346. The van der Waals surface area contributed by atoms with Gasteiger partial charge in [0.15, 0.2) is 0 Å². The largest absolute Gasteiger partial charge is 0.480 e. The average Bonchev–Trinajstić information content (AvgIpc) is 2.66. The predicted octanol–water partition coefficient (Wildman–Crippen LogP) is 7.48. The molecule has 0 aliphatic rings. The molecule has 0 aliphatic carbocycles. The molecule has 0 fully saturated rings. The van der Waals surface area contributed by atoms with Gasteiger partial charge in [-0.05, 0) is 19.4 Å². The lowest BCUT2D eigenvalue weighted by atomic mass is 10.0. The van der Waals surface area contributed by atoms with E-state index in [9.17, 15) is 9.90 Å². The third kappa shape index (κ3) is 20.0. The number of hydrogen-bond acceptors (Lipinski definition) is 2. The van der Waals surface area contributed by atoms with Gasteiger partial charge in [-0.15, -0.1) is 0 Å². The first-order valence-corrected chi connectivity index (χ1v) is 12.2. The molecule has 0 bridgehead atoms. The fourth-order valence-corrected chi connectivity index (χ4v) is 3.67. The van der Waals surface area contributed by atoms with Gasteiger partial charge in [0.05, 0.1) is 0 Å². The molecule has 0 unspecified atom stereocenters. The highest BCUT2D eigenvalue weighted by molar-refractivity contribution is 5.73. The summed E-state index contributed by atoms with van der Waals surface area (Å²) in [4.78, 5) is 11.1. The average molecular weight is 384 g/mol. The second-order valence-electron chi connectivity index (χ2n) is 8.29. The zero-order chi connectivity index (χ0) is 20.0. The maximum atomic E-state index is 11.1. The third-order valence-electron chi connectivity index (χ3n) is 5.57. The molecule has 0 heterocycles. The van der Waals surface area contributed by atoms with Gasteiger partial charge < -0.3 is 10.4 Å². The Hall–Kier alpha value is -0.570. The molecule has 0 saturated heterocycles. The highest BCUT2D eigenvalue weighted by atomic mass is 16.4. The molecular weight excluding hydrogens is 334 g/mol. The van der Waals surface area contributed by atoms with Crippen LogP contribution in [0, 0.1) is 0 Å². The molecule has 0 amide bonds. The van der Waals surface area contributed by atoms with E-state index in [0.29, 0.717) is 0 Å². The number of carboxylic acids is 1. The fourth-order valence-electron chi connectivity index (χ4n) is 3.67. The fraction of sp³-hybridized carbons (Fsp3) is 0.958. The lowest BCUT2D eigenvalue weighted by Crippen LogP contribution is -2.37. The summed E-state index contributed by atoms with van der Waals surface area (Å²) in [5.74, 6) is -0.694. The molecule has 0 aliphatic heterocycles. The van der Waals surface area contributed by atoms with Gasteiger partial charge >= 0.3 is 5.97 Å². The highest BCUT2D eigenvalue weighted by Gasteiger charge is 2.14. The molecule has 3 nitrogen and oxygen atoms in total. The van der Waals surface area contributed by atoms with E-state index in [1.54, 1.807) is 0 Å². The molecule has 27 heavy (non-hydrogen) atoms. The van der Waals surface area contributed by atoms with Crippen molar-refractivity contribution in [2.24, 2.45) is 0 Å². The number of aliphatic carboxylic acids is 1. The number of carboxylic acid groups (broad SMARTS) is 1. The zero-order valence-corrected chi connectivity index (χ0v) is 18.6. The standard InChI is InChI=1S/C24H49NO2/c1-3-5-7-8-9-10-11-12-13-14-15-16-17-18-19-20-22-25-23(24(26)27)21-6-4-2/h23,25H,3-22H2,1-2H3,(H,26,27)/t23-/m0/s1. The van der Waals surface area contributed by atoms with E-state index >= 15 is 0 Å². The van der Waals surface area contributed by atoms with E-state index in [-0.39, 0.29) is 6.04 Å². The summed E-state index contributed by atoms with van der Waals surface area (Å²) >= 11 is 0. The van der Waals surface area contributed by atoms with Crippen molar-refractivity contribution < 1.29 is 9.90 Å². The van der Waals surface area contributed by atoms with Crippen LogP contribution in [0.4, 0.5) is 0 Å². The van der Waals surface area contributed by atoms with Gasteiger partial charge in [0.2, 0.25) is 0 Å². The number of carbonyl (C=O) groups is 1. The lowest BCUT2D eigenvalue weighted by Gasteiger charge is -2.13. The minimum Gasteiger partial charge on any atom is -0.480 e. The van der Waals surface area contributed by atoms with E-state index in [0.717, 1.165) is 32.2 Å². The molecule has 162 valence electrons. The van der Waals surface area contributed by atoms with Crippen LogP contribution in [0.2, 0.25) is 0 Å². The van der Waals surface area contributed by atoms with Crippen LogP contribution in [0.15, 0.2) is 0 Å². The van der Waals surface area contributed by atoms with Crippen LogP contribution in [0.5, 0.6) is 0 Å². The Morgan fingerprint density at radius 3 is 1.37 bits per heavy atom. The second-order valence-corrected chi connectivity index (χ2v) is 8.29.